The number of hydrogen-bond donors (Lipinski definition) is 1. The van der Waals surface area contributed by atoms with E-state index in [1.54, 1.807) is 18.3 Å². The number of nitrogens with zero attached hydrogens (tertiary/aromatic N) is 3. The fraction of sp³-hybridized carbons (Fsp3) is 0.222. The summed E-state index contributed by atoms with van der Waals surface area (Å²) in [5, 5.41) is 5.93. The molecule has 2 aromatic heterocycles. The minimum atomic E-state index is -3.74. The van der Waals surface area contributed by atoms with Crippen molar-refractivity contribution in [2.24, 2.45) is 12.2 Å². The fourth-order valence-corrected chi connectivity index (χ4v) is 4.26. The molecule has 0 bridgehead atoms. The number of imidazole rings is 1. The van der Waals surface area contributed by atoms with Crippen molar-refractivity contribution < 1.29 is 13.2 Å². The number of sulfonamides is 1. The number of rotatable bonds is 6. The van der Waals surface area contributed by atoms with Gasteiger partial charge in [-0.25, -0.2) is 18.5 Å². The monoisotopic (exact) mass is 404 g/mol. The maximum absolute atomic E-state index is 12.7. The second-order valence-electron chi connectivity index (χ2n) is 6.19. The van der Waals surface area contributed by atoms with E-state index >= 15 is 0 Å². The van der Waals surface area contributed by atoms with Crippen LogP contribution in [0.4, 0.5) is 0 Å². The predicted molar refractivity (Wildman–Crippen MR) is 105 cm³/mol. The molecule has 0 atom stereocenters. The molecule has 0 aliphatic carbocycles. The average Bonchev–Trinajstić information content (AvgIpc) is 3.15. The Hall–Kier alpha value is -2.36. The molecule has 0 spiro atoms. The molecule has 2 heterocycles. The Morgan fingerprint density at radius 3 is 2.44 bits per heavy atom. The summed E-state index contributed by atoms with van der Waals surface area (Å²) in [7, 11) is -1.85. The summed E-state index contributed by atoms with van der Waals surface area (Å²) in [5.41, 5.74) is 3.11. The summed E-state index contributed by atoms with van der Waals surface area (Å²) >= 11 is 1.39. The van der Waals surface area contributed by atoms with E-state index in [1.807, 2.05) is 42.3 Å². The Morgan fingerprint density at radius 1 is 1.22 bits per heavy atom. The van der Waals surface area contributed by atoms with Gasteiger partial charge >= 0.3 is 0 Å². The second-order valence-corrected chi connectivity index (χ2v) is 8.70. The van der Waals surface area contributed by atoms with Gasteiger partial charge in [-0.1, -0.05) is 11.8 Å². The molecule has 0 unspecified atom stereocenters. The zero-order valence-electron chi connectivity index (χ0n) is 15.2. The van der Waals surface area contributed by atoms with Crippen molar-refractivity contribution in [3.05, 3.63) is 59.7 Å². The molecule has 1 aromatic carbocycles. The highest BCUT2D eigenvalue weighted by Crippen LogP contribution is 2.24. The van der Waals surface area contributed by atoms with Gasteiger partial charge in [0.15, 0.2) is 10.9 Å². The lowest BCUT2D eigenvalue weighted by molar-refractivity contribution is 0.102. The highest BCUT2D eigenvalue weighted by atomic mass is 32.2. The van der Waals surface area contributed by atoms with E-state index in [9.17, 15) is 13.2 Å². The number of aromatic nitrogens is 3. The zero-order valence-corrected chi connectivity index (χ0v) is 16.8. The summed E-state index contributed by atoms with van der Waals surface area (Å²) in [5.74, 6) is 0.308. The van der Waals surface area contributed by atoms with E-state index in [0.717, 1.165) is 22.2 Å². The van der Waals surface area contributed by atoms with Crippen LogP contribution >= 0.6 is 11.8 Å². The Morgan fingerprint density at radius 2 is 1.89 bits per heavy atom. The third kappa shape index (κ3) is 4.00. The van der Waals surface area contributed by atoms with Gasteiger partial charge in [-0.15, -0.1) is 0 Å². The number of carbonyl (C=O) groups is 1. The Bertz CT molecular complexity index is 1100. The number of benzene rings is 1. The largest absolute Gasteiger partial charge is 0.329 e. The molecule has 9 heteroatoms. The van der Waals surface area contributed by atoms with Crippen molar-refractivity contribution in [2.75, 3.05) is 5.75 Å². The Labute approximate surface area is 162 Å². The molecule has 0 amide bonds. The van der Waals surface area contributed by atoms with E-state index in [2.05, 4.69) is 4.98 Å². The minimum Gasteiger partial charge on any atom is -0.329 e. The van der Waals surface area contributed by atoms with Crippen molar-refractivity contribution in [2.45, 2.75) is 23.9 Å². The highest BCUT2D eigenvalue weighted by Gasteiger charge is 2.18. The smallest absolute Gasteiger partial charge is 0.238 e. The molecule has 27 heavy (non-hydrogen) atoms. The molecule has 0 saturated carbocycles. The fourth-order valence-electron chi connectivity index (χ4n) is 2.93. The van der Waals surface area contributed by atoms with E-state index in [0.29, 0.717) is 11.3 Å². The lowest BCUT2D eigenvalue weighted by Crippen LogP contribution is -2.12. The van der Waals surface area contributed by atoms with Crippen molar-refractivity contribution in [3.63, 3.8) is 0 Å². The average molecular weight is 405 g/mol. The first kappa shape index (κ1) is 19.4. The highest BCUT2D eigenvalue weighted by molar-refractivity contribution is 7.99. The number of aryl methyl sites for hydroxylation is 2. The molecule has 2 N–H and O–H groups in total. The second kappa shape index (κ2) is 7.34. The third-order valence-corrected chi connectivity index (χ3v) is 6.25. The molecular weight excluding hydrogens is 384 g/mol. The molecular formula is C18H20N4O3S2. The number of primary sulfonamides is 1. The van der Waals surface area contributed by atoms with Crippen LogP contribution in [0.1, 0.15) is 21.7 Å². The number of Topliss-reactive ketones (excluding diaryl/α,β-unsaturated/α-hetero) is 1. The van der Waals surface area contributed by atoms with Crippen LogP contribution in [-0.4, -0.2) is 34.1 Å². The van der Waals surface area contributed by atoms with Crippen molar-refractivity contribution >= 4 is 27.6 Å². The van der Waals surface area contributed by atoms with Crippen LogP contribution in [0.15, 0.2) is 52.8 Å². The summed E-state index contributed by atoms with van der Waals surface area (Å²) in [4.78, 5) is 17.0. The molecule has 0 saturated heterocycles. The number of carbonyl (C=O) groups excluding carboxylic acids is 1. The van der Waals surface area contributed by atoms with Gasteiger partial charge in [-0.3, -0.25) is 4.79 Å². The maximum atomic E-state index is 12.7. The molecule has 0 aliphatic heterocycles. The minimum absolute atomic E-state index is 0.0171. The lowest BCUT2D eigenvalue weighted by atomic mass is 10.2. The van der Waals surface area contributed by atoms with Crippen LogP contribution in [0.25, 0.3) is 5.69 Å². The van der Waals surface area contributed by atoms with Gasteiger partial charge in [0.05, 0.1) is 10.6 Å². The molecule has 3 rings (SSSR count). The topological polar surface area (TPSA) is 100.0 Å². The van der Waals surface area contributed by atoms with Gasteiger partial charge in [0.1, 0.15) is 0 Å². The normalized spacial score (nSPS) is 11.7. The van der Waals surface area contributed by atoms with Crippen LogP contribution in [0.3, 0.4) is 0 Å². The van der Waals surface area contributed by atoms with Crippen LogP contribution in [0.2, 0.25) is 0 Å². The van der Waals surface area contributed by atoms with Gasteiger partial charge in [-0.2, -0.15) is 0 Å². The number of thioether (sulfide) groups is 1. The third-order valence-electron chi connectivity index (χ3n) is 4.26. The number of nitrogens with two attached hydrogens (primary N) is 1. The van der Waals surface area contributed by atoms with Crippen LogP contribution in [0.5, 0.6) is 0 Å². The van der Waals surface area contributed by atoms with Crippen molar-refractivity contribution in [3.8, 4) is 5.69 Å². The van der Waals surface area contributed by atoms with E-state index in [4.69, 9.17) is 5.14 Å². The lowest BCUT2D eigenvalue weighted by Gasteiger charge is -2.10. The van der Waals surface area contributed by atoms with Crippen molar-refractivity contribution in [1.82, 2.24) is 14.1 Å². The summed E-state index contributed by atoms with van der Waals surface area (Å²) in [6, 6.07) is 8.13. The molecule has 7 nitrogen and oxygen atoms in total. The first-order valence-corrected chi connectivity index (χ1v) is 10.7. The Kier molecular flexibility index (Phi) is 5.27. The number of hydrogen-bond acceptors (Lipinski definition) is 5. The summed E-state index contributed by atoms with van der Waals surface area (Å²) in [6.45, 7) is 3.78. The summed E-state index contributed by atoms with van der Waals surface area (Å²) in [6.07, 6.45) is 3.54. The quantitative estimate of drug-likeness (QED) is 0.502. The van der Waals surface area contributed by atoms with E-state index in [-0.39, 0.29) is 10.7 Å². The molecule has 142 valence electrons. The first-order valence-electron chi connectivity index (χ1n) is 8.14. The standard InChI is InChI=1S/C18H20N4O3S2/c1-12-10-16(17(23)11-26-18-20-8-9-21(18)3)13(2)22(12)14-4-6-15(7-5-14)27(19,24)25/h4-10H,11H2,1-3H3,(H2,19,24,25). The van der Waals surface area contributed by atoms with Gasteiger partial charge in [-0.05, 0) is 44.2 Å². The summed E-state index contributed by atoms with van der Waals surface area (Å²) < 4.78 is 26.6. The Balaban J connectivity index is 1.86. The van der Waals surface area contributed by atoms with Crippen LogP contribution in [0, 0.1) is 13.8 Å². The van der Waals surface area contributed by atoms with Gasteiger partial charge in [0, 0.05) is 42.1 Å². The number of ketones is 1. The van der Waals surface area contributed by atoms with Gasteiger partial charge in [0.2, 0.25) is 10.0 Å². The molecule has 0 fully saturated rings. The maximum Gasteiger partial charge on any atom is 0.238 e. The first-order chi connectivity index (χ1) is 12.7. The zero-order chi connectivity index (χ0) is 19.8. The van der Waals surface area contributed by atoms with Gasteiger partial charge in [0.25, 0.3) is 0 Å². The predicted octanol–water partition coefficient (Wildman–Crippen LogP) is 2.45. The molecule has 0 radical (unpaired) electrons. The SMILES string of the molecule is Cc1cc(C(=O)CSc2nccn2C)c(C)n1-c1ccc(S(N)(=O)=O)cc1. The van der Waals surface area contributed by atoms with Crippen LogP contribution < -0.4 is 5.14 Å². The van der Waals surface area contributed by atoms with E-state index in [1.165, 1.54) is 23.9 Å². The van der Waals surface area contributed by atoms with Crippen LogP contribution in [-0.2, 0) is 17.1 Å². The van der Waals surface area contributed by atoms with Gasteiger partial charge < -0.3 is 9.13 Å². The molecule has 0 aliphatic rings. The van der Waals surface area contributed by atoms with E-state index < -0.39 is 10.0 Å². The van der Waals surface area contributed by atoms with Crippen molar-refractivity contribution in [1.29, 1.82) is 0 Å². The molecule has 3 aromatic rings.